The summed E-state index contributed by atoms with van der Waals surface area (Å²) < 4.78 is 13.1. The molecule has 0 aliphatic carbocycles. The van der Waals surface area contributed by atoms with Gasteiger partial charge in [-0.15, -0.1) is 11.8 Å². The van der Waals surface area contributed by atoms with Crippen LogP contribution in [-0.2, 0) is 0 Å². The predicted molar refractivity (Wildman–Crippen MR) is 121 cm³/mol. The molecule has 5 rings (SSSR count). The van der Waals surface area contributed by atoms with Gasteiger partial charge >= 0.3 is 0 Å². The lowest BCUT2D eigenvalue weighted by Gasteiger charge is -2.39. The normalized spacial score (nSPS) is 24.1. The van der Waals surface area contributed by atoms with E-state index in [1.54, 1.807) is 12.1 Å². The van der Waals surface area contributed by atoms with Crippen LogP contribution in [0.15, 0.2) is 47.4 Å². The molecule has 0 N–H and O–H groups in total. The van der Waals surface area contributed by atoms with Crippen LogP contribution in [0, 0.1) is 11.7 Å². The zero-order valence-electron chi connectivity index (χ0n) is 17.5. The van der Waals surface area contributed by atoms with Crippen molar-refractivity contribution in [3.63, 3.8) is 0 Å². The first-order valence-electron chi connectivity index (χ1n) is 11.2. The Morgan fingerprint density at radius 1 is 1.20 bits per heavy atom. The highest BCUT2D eigenvalue weighted by molar-refractivity contribution is 7.99. The number of hydrogen-bond donors (Lipinski definition) is 0. The van der Waals surface area contributed by atoms with Crippen LogP contribution >= 0.6 is 11.8 Å². The summed E-state index contributed by atoms with van der Waals surface area (Å²) in [6.45, 7) is 6.31. The van der Waals surface area contributed by atoms with Crippen LogP contribution in [0.2, 0.25) is 0 Å². The van der Waals surface area contributed by atoms with E-state index in [4.69, 9.17) is 0 Å². The quantitative estimate of drug-likeness (QED) is 0.615. The fraction of sp³-hybridized carbons (Fsp3) is 0.480. The molecular formula is C25H29FN2OS. The van der Waals surface area contributed by atoms with E-state index in [0.29, 0.717) is 17.5 Å². The van der Waals surface area contributed by atoms with Gasteiger partial charge in [-0.3, -0.25) is 4.79 Å². The zero-order valence-corrected chi connectivity index (χ0v) is 18.3. The third-order valence-electron chi connectivity index (χ3n) is 7.03. The average molecular weight is 425 g/mol. The van der Waals surface area contributed by atoms with Crippen molar-refractivity contribution in [1.29, 1.82) is 0 Å². The van der Waals surface area contributed by atoms with Gasteiger partial charge in [0.25, 0.3) is 0 Å². The van der Waals surface area contributed by atoms with Crippen LogP contribution in [0.1, 0.15) is 48.0 Å². The highest BCUT2D eigenvalue weighted by Crippen LogP contribution is 2.50. The second-order valence-electron chi connectivity index (χ2n) is 8.91. The summed E-state index contributed by atoms with van der Waals surface area (Å²) in [7, 11) is 0. The zero-order chi connectivity index (χ0) is 20.7. The Morgan fingerprint density at radius 2 is 2.03 bits per heavy atom. The molecule has 3 heterocycles. The third kappa shape index (κ3) is 3.67. The Labute approximate surface area is 182 Å². The summed E-state index contributed by atoms with van der Waals surface area (Å²) in [5, 5.41) is 0. The van der Waals surface area contributed by atoms with Crippen molar-refractivity contribution in [3.8, 4) is 0 Å². The maximum absolute atomic E-state index is 13.1. The van der Waals surface area contributed by atoms with E-state index >= 15 is 0 Å². The van der Waals surface area contributed by atoms with E-state index in [1.807, 2.05) is 18.7 Å². The van der Waals surface area contributed by atoms with Crippen molar-refractivity contribution in [2.75, 3.05) is 36.8 Å². The number of halogens is 1. The van der Waals surface area contributed by atoms with E-state index in [-0.39, 0.29) is 17.5 Å². The van der Waals surface area contributed by atoms with Crippen LogP contribution < -0.4 is 4.90 Å². The fourth-order valence-corrected chi connectivity index (χ4v) is 6.46. The molecule has 1 fully saturated rings. The highest BCUT2D eigenvalue weighted by Gasteiger charge is 2.43. The number of carbonyl (C=O) groups is 1. The molecule has 1 saturated heterocycles. The molecule has 0 bridgehead atoms. The standard InChI is InChI=1S/C25H29FN2OS/c1-17(25(29)18-6-8-19(26)9-7-18)10-13-27-14-11-22-21(16-27)20-4-2-5-23-24(20)28(22)12-3-15-30-23/h2,4-9,17,21-22H,3,10-16H2,1H3. The molecule has 0 radical (unpaired) electrons. The monoisotopic (exact) mass is 424 g/mol. The third-order valence-corrected chi connectivity index (χ3v) is 8.17. The number of likely N-dealkylation sites (tertiary alicyclic amines) is 1. The summed E-state index contributed by atoms with van der Waals surface area (Å²) >= 11 is 2.01. The maximum Gasteiger partial charge on any atom is 0.165 e. The second-order valence-corrected chi connectivity index (χ2v) is 10.1. The van der Waals surface area contributed by atoms with Crippen LogP contribution in [0.5, 0.6) is 0 Å². The van der Waals surface area contributed by atoms with Gasteiger partial charge in [-0.05, 0) is 67.5 Å². The minimum atomic E-state index is -0.297. The molecule has 3 aliphatic rings. The number of para-hydroxylation sites is 1. The first kappa shape index (κ1) is 20.1. The Morgan fingerprint density at radius 3 is 2.87 bits per heavy atom. The molecule has 158 valence electrons. The van der Waals surface area contributed by atoms with Gasteiger partial charge in [0.05, 0.1) is 5.69 Å². The SMILES string of the molecule is CC(CCN1CCC2C(C1)c1cccc3c1N2CCCS3)C(=O)c1ccc(F)cc1. The number of nitrogens with zero attached hydrogens (tertiary/aromatic N) is 2. The first-order valence-corrected chi connectivity index (χ1v) is 12.1. The number of anilines is 1. The summed E-state index contributed by atoms with van der Waals surface area (Å²) in [4.78, 5) is 19.4. The number of piperidine rings is 1. The molecule has 5 heteroatoms. The van der Waals surface area contributed by atoms with Gasteiger partial charge in [0.15, 0.2) is 5.78 Å². The summed E-state index contributed by atoms with van der Waals surface area (Å²) in [5.74, 6) is 1.57. The molecule has 0 amide bonds. The van der Waals surface area contributed by atoms with Gasteiger partial charge in [0.2, 0.25) is 0 Å². The van der Waals surface area contributed by atoms with Crippen molar-refractivity contribution < 1.29 is 9.18 Å². The number of Topliss-reactive ketones (excluding diaryl/α,β-unsaturated/α-hetero) is 1. The second kappa shape index (κ2) is 8.35. The lowest BCUT2D eigenvalue weighted by atomic mass is 9.88. The number of ketones is 1. The van der Waals surface area contributed by atoms with Crippen molar-refractivity contribution in [2.24, 2.45) is 5.92 Å². The van der Waals surface area contributed by atoms with Crippen LogP contribution in [0.25, 0.3) is 0 Å². The molecule has 0 spiro atoms. The molecule has 3 nitrogen and oxygen atoms in total. The average Bonchev–Trinajstić information content (AvgIpc) is 2.92. The highest BCUT2D eigenvalue weighted by atomic mass is 32.2. The Hall–Kier alpha value is -1.85. The van der Waals surface area contributed by atoms with E-state index in [2.05, 4.69) is 28.0 Å². The van der Waals surface area contributed by atoms with Gasteiger partial charge in [-0.2, -0.15) is 0 Å². The van der Waals surface area contributed by atoms with Gasteiger partial charge in [0, 0.05) is 48.0 Å². The van der Waals surface area contributed by atoms with Crippen molar-refractivity contribution in [1.82, 2.24) is 4.90 Å². The molecule has 0 aromatic heterocycles. The molecule has 3 aliphatic heterocycles. The fourth-order valence-electron chi connectivity index (χ4n) is 5.42. The molecular weight excluding hydrogens is 395 g/mol. The van der Waals surface area contributed by atoms with E-state index in [1.165, 1.54) is 53.4 Å². The van der Waals surface area contributed by atoms with Crippen LogP contribution in [0.3, 0.4) is 0 Å². The number of rotatable bonds is 5. The van der Waals surface area contributed by atoms with E-state index in [0.717, 1.165) is 26.1 Å². The van der Waals surface area contributed by atoms with E-state index < -0.39 is 0 Å². The summed E-state index contributed by atoms with van der Waals surface area (Å²) in [6.07, 6.45) is 3.30. The minimum Gasteiger partial charge on any atom is -0.367 e. The number of fused-ring (bicyclic) bond motifs is 3. The van der Waals surface area contributed by atoms with Crippen molar-refractivity contribution in [2.45, 2.75) is 43.0 Å². The summed E-state index contributed by atoms with van der Waals surface area (Å²) in [5.41, 5.74) is 3.66. The van der Waals surface area contributed by atoms with E-state index in [9.17, 15) is 9.18 Å². The van der Waals surface area contributed by atoms with Gasteiger partial charge in [-0.25, -0.2) is 4.39 Å². The molecule has 3 atom stereocenters. The molecule has 0 saturated carbocycles. The van der Waals surface area contributed by atoms with Gasteiger partial charge in [-0.1, -0.05) is 19.1 Å². The maximum atomic E-state index is 13.1. The van der Waals surface area contributed by atoms with Gasteiger partial charge < -0.3 is 9.80 Å². The lowest BCUT2D eigenvalue weighted by molar-refractivity contribution is 0.0907. The minimum absolute atomic E-state index is 0.0471. The first-order chi connectivity index (χ1) is 14.6. The Balaban J connectivity index is 1.24. The molecule has 3 unspecified atom stereocenters. The number of benzene rings is 2. The van der Waals surface area contributed by atoms with Crippen molar-refractivity contribution >= 4 is 23.2 Å². The van der Waals surface area contributed by atoms with Crippen LogP contribution in [0.4, 0.5) is 10.1 Å². The molecule has 30 heavy (non-hydrogen) atoms. The van der Waals surface area contributed by atoms with Gasteiger partial charge in [0.1, 0.15) is 5.82 Å². The number of thioether (sulfide) groups is 1. The number of carbonyl (C=O) groups excluding carboxylic acids is 1. The predicted octanol–water partition coefficient (Wildman–Crippen LogP) is 5.21. The van der Waals surface area contributed by atoms with Crippen LogP contribution in [-0.4, -0.2) is 48.7 Å². The molecule has 2 aromatic carbocycles. The Kier molecular flexibility index (Phi) is 5.59. The summed E-state index contributed by atoms with van der Waals surface area (Å²) in [6, 6.07) is 13.4. The topological polar surface area (TPSA) is 23.6 Å². The largest absolute Gasteiger partial charge is 0.367 e. The number of hydrogen-bond acceptors (Lipinski definition) is 4. The van der Waals surface area contributed by atoms with Crippen molar-refractivity contribution in [3.05, 3.63) is 59.4 Å². The smallest absolute Gasteiger partial charge is 0.165 e. The lowest BCUT2D eigenvalue weighted by Crippen LogP contribution is -2.47. The molecule has 2 aromatic rings. The Bertz CT molecular complexity index is 931.